The van der Waals surface area contributed by atoms with Crippen molar-refractivity contribution >= 4 is 17.6 Å². The minimum atomic E-state index is -1.08. The maximum atomic E-state index is 12.6. The minimum absolute atomic E-state index is 0.0148. The van der Waals surface area contributed by atoms with Crippen LogP contribution in [0.1, 0.15) is 80.1 Å². The third-order valence-corrected chi connectivity index (χ3v) is 5.15. The second kappa shape index (κ2) is 7.74. The molecule has 1 fully saturated rings. The lowest BCUT2D eigenvalue weighted by atomic mass is 9.84. The highest BCUT2D eigenvalue weighted by atomic mass is 16.4. The standard InChI is InChI=1S/C23H28N2O3/c1-5-21(26)25(19-8-9-20(22(27)28)24-13-19)14-15-10-17(16-6-7-16)12-18(11-15)23(2,3)4/h8-13,16H,5-7,14H2,1-4H3,(H,27,28). The fourth-order valence-electron chi connectivity index (χ4n) is 3.26. The molecular weight excluding hydrogens is 352 g/mol. The Morgan fingerprint density at radius 2 is 1.89 bits per heavy atom. The van der Waals surface area contributed by atoms with Crippen molar-refractivity contribution in [3.63, 3.8) is 0 Å². The molecule has 1 amide bonds. The average Bonchev–Trinajstić information content (AvgIpc) is 3.50. The number of nitrogens with zero attached hydrogens (tertiary/aromatic N) is 2. The monoisotopic (exact) mass is 380 g/mol. The first kappa shape index (κ1) is 20.1. The van der Waals surface area contributed by atoms with Gasteiger partial charge in [-0.2, -0.15) is 0 Å². The number of amides is 1. The van der Waals surface area contributed by atoms with Crippen LogP contribution in [0.15, 0.2) is 36.5 Å². The molecule has 0 spiro atoms. The van der Waals surface area contributed by atoms with E-state index in [0.717, 1.165) is 5.56 Å². The Hall–Kier alpha value is -2.69. The Kier molecular flexibility index (Phi) is 5.54. The van der Waals surface area contributed by atoms with Crippen LogP contribution < -0.4 is 4.90 Å². The summed E-state index contributed by atoms with van der Waals surface area (Å²) in [5.41, 5.74) is 4.34. The van der Waals surface area contributed by atoms with Gasteiger partial charge in [-0.25, -0.2) is 9.78 Å². The molecule has 0 radical (unpaired) electrons. The molecule has 28 heavy (non-hydrogen) atoms. The molecule has 1 aromatic carbocycles. The van der Waals surface area contributed by atoms with Crippen molar-refractivity contribution < 1.29 is 14.7 Å². The summed E-state index contributed by atoms with van der Waals surface area (Å²) in [5.74, 6) is -0.459. The predicted octanol–water partition coefficient (Wildman–Crippen LogP) is 4.90. The van der Waals surface area contributed by atoms with Crippen LogP contribution >= 0.6 is 0 Å². The van der Waals surface area contributed by atoms with Gasteiger partial charge in [-0.3, -0.25) is 4.79 Å². The summed E-state index contributed by atoms with van der Waals surface area (Å²) in [6.45, 7) is 8.88. The third-order valence-electron chi connectivity index (χ3n) is 5.15. The van der Waals surface area contributed by atoms with Crippen molar-refractivity contribution in [1.82, 2.24) is 4.98 Å². The van der Waals surface area contributed by atoms with E-state index >= 15 is 0 Å². The first-order valence-corrected chi connectivity index (χ1v) is 9.83. The number of aromatic nitrogens is 1. The van der Waals surface area contributed by atoms with Crippen molar-refractivity contribution in [1.29, 1.82) is 0 Å². The zero-order valence-electron chi connectivity index (χ0n) is 17.0. The number of anilines is 1. The maximum absolute atomic E-state index is 12.6. The molecular formula is C23H28N2O3. The quantitative estimate of drug-likeness (QED) is 0.774. The van der Waals surface area contributed by atoms with E-state index in [9.17, 15) is 9.59 Å². The van der Waals surface area contributed by atoms with E-state index in [4.69, 9.17) is 5.11 Å². The molecule has 5 nitrogen and oxygen atoms in total. The number of carboxylic acids is 1. The average molecular weight is 380 g/mol. The fraction of sp³-hybridized carbons (Fsp3) is 0.435. The Bertz CT molecular complexity index is 878. The van der Waals surface area contributed by atoms with E-state index in [1.54, 1.807) is 11.0 Å². The molecule has 1 aliphatic carbocycles. The molecule has 0 atom stereocenters. The molecule has 0 bridgehead atoms. The second-order valence-electron chi connectivity index (χ2n) is 8.53. The fourth-order valence-corrected chi connectivity index (χ4v) is 3.26. The van der Waals surface area contributed by atoms with Crippen LogP contribution in [0.2, 0.25) is 0 Å². The van der Waals surface area contributed by atoms with Crippen molar-refractivity contribution in [3.05, 3.63) is 58.9 Å². The van der Waals surface area contributed by atoms with Gasteiger partial charge in [0.05, 0.1) is 18.4 Å². The van der Waals surface area contributed by atoms with E-state index in [1.807, 2.05) is 6.92 Å². The number of benzene rings is 1. The van der Waals surface area contributed by atoms with E-state index in [-0.39, 0.29) is 17.0 Å². The van der Waals surface area contributed by atoms with Gasteiger partial charge in [0, 0.05) is 6.42 Å². The number of rotatable bonds is 6. The SMILES string of the molecule is CCC(=O)N(Cc1cc(C2CC2)cc(C(C)(C)C)c1)c1ccc(C(=O)O)nc1. The van der Waals surface area contributed by atoms with Crippen LogP contribution in [-0.2, 0) is 16.8 Å². The molecule has 0 aliphatic heterocycles. The molecule has 1 aliphatic rings. The van der Waals surface area contributed by atoms with E-state index in [1.165, 1.54) is 36.2 Å². The van der Waals surface area contributed by atoms with Gasteiger partial charge in [-0.15, -0.1) is 0 Å². The summed E-state index contributed by atoms with van der Waals surface area (Å²) in [6.07, 6.45) is 4.29. The van der Waals surface area contributed by atoms with Gasteiger partial charge in [0.15, 0.2) is 0 Å². The van der Waals surface area contributed by atoms with E-state index in [0.29, 0.717) is 24.6 Å². The number of carboxylic acid groups (broad SMARTS) is 1. The van der Waals surface area contributed by atoms with Gasteiger partial charge in [0.2, 0.25) is 5.91 Å². The number of hydrogen-bond acceptors (Lipinski definition) is 3. The van der Waals surface area contributed by atoms with Crippen molar-refractivity contribution in [2.24, 2.45) is 0 Å². The van der Waals surface area contributed by atoms with Gasteiger partial charge in [0.25, 0.3) is 0 Å². The van der Waals surface area contributed by atoms with E-state index in [2.05, 4.69) is 44.0 Å². The summed E-state index contributed by atoms with van der Waals surface area (Å²) in [5, 5.41) is 9.06. The smallest absolute Gasteiger partial charge is 0.354 e. The molecule has 1 aromatic heterocycles. The van der Waals surface area contributed by atoms with Crippen LogP contribution in [0.3, 0.4) is 0 Å². The molecule has 5 heteroatoms. The number of aromatic carboxylic acids is 1. The highest BCUT2D eigenvalue weighted by Crippen LogP contribution is 2.42. The van der Waals surface area contributed by atoms with Crippen LogP contribution in [-0.4, -0.2) is 22.0 Å². The Morgan fingerprint density at radius 3 is 2.39 bits per heavy atom. The highest BCUT2D eigenvalue weighted by molar-refractivity contribution is 5.93. The highest BCUT2D eigenvalue weighted by Gasteiger charge is 2.26. The number of carbonyl (C=O) groups excluding carboxylic acids is 1. The largest absolute Gasteiger partial charge is 0.477 e. The molecule has 3 rings (SSSR count). The summed E-state index contributed by atoms with van der Waals surface area (Å²) < 4.78 is 0. The Morgan fingerprint density at radius 1 is 1.18 bits per heavy atom. The molecule has 1 saturated carbocycles. The van der Waals surface area contributed by atoms with E-state index < -0.39 is 5.97 Å². The van der Waals surface area contributed by atoms with Crippen molar-refractivity contribution in [2.45, 2.75) is 64.8 Å². The van der Waals surface area contributed by atoms with Crippen LogP contribution in [0.5, 0.6) is 0 Å². The van der Waals surface area contributed by atoms with Crippen LogP contribution in [0, 0.1) is 0 Å². The Labute approximate surface area is 166 Å². The number of carbonyl (C=O) groups is 2. The number of hydrogen-bond donors (Lipinski definition) is 1. The van der Waals surface area contributed by atoms with Crippen molar-refractivity contribution in [3.8, 4) is 0 Å². The van der Waals surface area contributed by atoms with Gasteiger partial charge in [-0.1, -0.05) is 45.9 Å². The second-order valence-corrected chi connectivity index (χ2v) is 8.53. The number of pyridine rings is 1. The lowest BCUT2D eigenvalue weighted by Crippen LogP contribution is -2.30. The summed E-state index contributed by atoms with van der Waals surface area (Å²) in [4.78, 5) is 29.4. The summed E-state index contributed by atoms with van der Waals surface area (Å²) >= 11 is 0. The van der Waals surface area contributed by atoms with Gasteiger partial charge >= 0.3 is 5.97 Å². The lowest BCUT2D eigenvalue weighted by molar-refractivity contribution is -0.118. The van der Waals surface area contributed by atoms with Crippen LogP contribution in [0.4, 0.5) is 5.69 Å². The maximum Gasteiger partial charge on any atom is 0.354 e. The zero-order chi connectivity index (χ0) is 20.5. The molecule has 2 aromatic rings. The third kappa shape index (κ3) is 4.58. The Balaban J connectivity index is 1.95. The summed E-state index contributed by atoms with van der Waals surface area (Å²) in [7, 11) is 0. The van der Waals surface area contributed by atoms with Crippen LogP contribution in [0.25, 0.3) is 0 Å². The predicted molar refractivity (Wildman–Crippen MR) is 110 cm³/mol. The zero-order valence-corrected chi connectivity index (χ0v) is 17.0. The lowest BCUT2D eigenvalue weighted by Gasteiger charge is -2.25. The van der Waals surface area contributed by atoms with Gasteiger partial charge in [0.1, 0.15) is 5.69 Å². The molecule has 1 N–H and O–H groups in total. The topological polar surface area (TPSA) is 70.5 Å². The van der Waals surface area contributed by atoms with Gasteiger partial charge in [-0.05, 0) is 53.0 Å². The van der Waals surface area contributed by atoms with Crippen molar-refractivity contribution in [2.75, 3.05) is 4.90 Å². The summed E-state index contributed by atoms with van der Waals surface area (Å²) in [6, 6.07) is 9.79. The molecule has 1 heterocycles. The minimum Gasteiger partial charge on any atom is -0.477 e. The first-order chi connectivity index (χ1) is 13.2. The van der Waals surface area contributed by atoms with Gasteiger partial charge < -0.3 is 10.0 Å². The molecule has 0 unspecified atom stereocenters. The molecule has 148 valence electrons. The normalized spacial score (nSPS) is 14.0. The molecule has 0 saturated heterocycles. The first-order valence-electron chi connectivity index (χ1n) is 9.83.